The summed E-state index contributed by atoms with van der Waals surface area (Å²) in [6.45, 7) is 2.30. The first-order valence-corrected chi connectivity index (χ1v) is 4.54. The number of nitrogens with one attached hydrogen (secondary N) is 1. The second kappa shape index (κ2) is 4.13. The number of hydrogen-bond donors (Lipinski definition) is 1. The van der Waals surface area contributed by atoms with Crippen molar-refractivity contribution in [1.29, 1.82) is 5.26 Å². The molecule has 13 heavy (non-hydrogen) atoms. The monoisotopic (exact) mass is 181 g/mol. The topological polar surface area (TPSA) is 56.1 Å². The SMILES string of the molecule is CC(C#N)CN(C)C(=O)NC1CC1. The minimum absolute atomic E-state index is 0.0652. The molecule has 0 bridgehead atoms. The van der Waals surface area contributed by atoms with E-state index in [1.165, 1.54) is 0 Å². The molecule has 0 aromatic heterocycles. The molecule has 4 heteroatoms. The van der Waals surface area contributed by atoms with Gasteiger partial charge in [-0.3, -0.25) is 0 Å². The van der Waals surface area contributed by atoms with Crippen LogP contribution in [0.3, 0.4) is 0 Å². The molecule has 0 aromatic carbocycles. The summed E-state index contributed by atoms with van der Waals surface area (Å²) in [7, 11) is 1.71. The van der Waals surface area contributed by atoms with Crippen molar-refractivity contribution in [3.63, 3.8) is 0 Å². The van der Waals surface area contributed by atoms with Crippen molar-refractivity contribution in [2.24, 2.45) is 5.92 Å². The minimum atomic E-state index is -0.102. The van der Waals surface area contributed by atoms with Crippen molar-refractivity contribution < 1.29 is 4.79 Å². The van der Waals surface area contributed by atoms with Crippen LogP contribution in [0.4, 0.5) is 4.79 Å². The van der Waals surface area contributed by atoms with Crippen LogP contribution in [-0.4, -0.2) is 30.6 Å². The first-order chi connectivity index (χ1) is 6.13. The van der Waals surface area contributed by atoms with Crippen molar-refractivity contribution in [3.8, 4) is 6.07 Å². The average Bonchev–Trinajstić information content (AvgIpc) is 2.87. The van der Waals surface area contributed by atoms with E-state index in [4.69, 9.17) is 5.26 Å². The number of nitrogens with zero attached hydrogens (tertiary/aromatic N) is 2. The van der Waals surface area contributed by atoms with Gasteiger partial charge in [0.25, 0.3) is 0 Å². The first kappa shape index (κ1) is 9.85. The van der Waals surface area contributed by atoms with Gasteiger partial charge in [-0.1, -0.05) is 0 Å². The number of nitriles is 1. The van der Waals surface area contributed by atoms with Gasteiger partial charge in [0.1, 0.15) is 0 Å². The smallest absolute Gasteiger partial charge is 0.317 e. The van der Waals surface area contributed by atoms with Gasteiger partial charge in [-0.2, -0.15) is 5.26 Å². The molecule has 1 N–H and O–H groups in total. The van der Waals surface area contributed by atoms with Gasteiger partial charge in [-0.25, -0.2) is 4.79 Å². The van der Waals surface area contributed by atoms with Crippen molar-refractivity contribution in [2.45, 2.75) is 25.8 Å². The third kappa shape index (κ3) is 3.32. The Balaban J connectivity index is 2.24. The van der Waals surface area contributed by atoms with Gasteiger partial charge in [0.2, 0.25) is 0 Å². The summed E-state index contributed by atoms with van der Waals surface area (Å²) < 4.78 is 0. The van der Waals surface area contributed by atoms with Crippen LogP contribution < -0.4 is 5.32 Å². The summed E-state index contributed by atoms with van der Waals surface area (Å²) in [4.78, 5) is 12.9. The van der Waals surface area contributed by atoms with Crippen LogP contribution in [-0.2, 0) is 0 Å². The number of carbonyl (C=O) groups is 1. The number of urea groups is 1. The molecule has 0 aliphatic heterocycles. The molecule has 72 valence electrons. The number of rotatable bonds is 3. The fraction of sp³-hybridized carbons (Fsp3) is 0.778. The first-order valence-electron chi connectivity index (χ1n) is 4.54. The Kier molecular flexibility index (Phi) is 3.13. The van der Waals surface area contributed by atoms with Crippen LogP contribution in [0, 0.1) is 17.2 Å². The number of hydrogen-bond acceptors (Lipinski definition) is 2. The summed E-state index contributed by atoms with van der Waals surface area (Å²) in [5, 5.41) is 11.4. The molecular formula is C9H15N3O. The molecule has 1 rings (SSSR count). The molecule has 1 saturated carbocycles. The molecule has 0 heterocycles. The second-order valence-electron chi connectivity index (χ2n) is 3.63. The molecule has 0 spiro atoms. The fourth-order valence-corrected chi connectivity index (χ4v) is 1.05. The number of amides is 2. The van der Waals surface area contributed by atoms with Gasteiger partial charge in [0.05, 0.1) is 12.0 Å². The molecule has 1 fully saturated rings. The minimum Gasteiger partial charge on any atom is -0.335 e. The Morgan fingerprint density at radius 3 is 2.85 bits per heavy atom. The van der Waals surface area contributed by atoms with E-state index < -0.39 is 0 Å². The predicted molar refractivity (Wildman–Crippen MR) is 49.0 cm³/mol. The Morgan fingerprint density at radius 2 is 2.38 bits per heavy atom. The Bertz CT molecular complexity index is 230. The lowest BCUT2D eigenvalue weighted by molar-refractivity contribution is 0.205. The molecular weight excluding hydrogens is 166 g/mol. The van der Waals surface area contributed by atoms with E-state index in [-0.39, 0.29) is 11.9 Å². The zero-order valence-corrected chi connectivity index (χ0v) is 8.08. The normalized spacial score (nSPS) is 17.3. The Hall–Kier alpha value is -1.24. The van der Waals surface area contributed by atoms with Crippen LogP contribution in [0.25, 0.3) is 0 Å². The third-order valence-corrected chi connectivity index (χ3v) is 2.02. The predicted octanol–water partition coefficient (Wildman–Crippen LogP) is 0.950. The largest absolute Gasteiger partial charge is 0.335 e. The second-order valence-corrected chi connectivity index (χ2v) is 3.63. The standard InChI is InChI=1S/C9H15N3O/c1-7(5-10)6-12(2)9(13)11-8-3-4-8/h7-8H,3-4,6H2,1-2H3,(H,11,13). The van der Waals surface area contributed by atoms with E-state index in [0.717, 1.165) is 12.8 Å². The van der Waals surface area contributed by atoms with E-state index >= 15 is 0 Å². The van der Waals surface area contributed by atoms with Crippen LogP contribution in [0.2, 0.25) is 0 Å². The third-order valence-electron chi connectivity index (χ3n) is 2.02. The summed E-state index contributed by atoms with van der Waals surface area (Å²) in [6.07, 6.45) is 2.18. The molecule has 4 nitrogen and oxygen atoms in total. The van der Waals surface area contributed by atoms with Gasteiger partial charge in [0, 0.05) is 19.6 Å². The van der Waals surface area contributed by atoms with E-state index in [0.29, 0.717) is 12.6 Å². The average molecular weight is 181 g/mol. The van der Waals surface area contributed by atoms with Crippen LogP contribution in [0.5, 0.6) is 0 Å². The van der Waals surface area contributed by atoms with Crippen molar-refractivity contribution in [1.82, 2.24) is 10.2 Å². The summed E-state index contributed by atoms with van der Waals surface area (Å²) in [6, 6.07) is 2.41. The molecule has 2 amide bonds. The van der Waals surface area contributed by atoms with Gasteiger partial charge < -0.3 is 10.2 Å². The van der Waals surface area contributed by atoms with E-state index in [1.807, 2.05) is 0 Å². The lowest BCUT2D eigenvalue weighted by atomic mass is 10.2. The quantitative estimate of drug-likeness (QED) is 0.704. The lowest BCUT2D eigenvalue weighted by Gasteiger charge is -2.18. The highest BCUT2D eigenvalue weighted by Gasteiger charge is 2.24. The van der Waals surface area contributed by atoms with E-state index in [9.17, 15) is 4.79 Å². The highest BCUT2D eigenvalue weighted by atomic mass is 16.2. The molecule has 1 atom stereocenters. The van der Waals surface area contributed by atoms with Crippen LogP contribution in [0.15, 0.2) is 0 Å². The molecule has 0 aromatic rings. The molecule has 0 radical (unpaired) electrons. The zero-order valence-electron chi connectivity index (χ0n) is 8.08. The zero-order chi connectivity index (χ0) is 9.84. The summed E-state index contributed by atoms with van der Waals surface area (Å²) in [5.74, 6) is -0.102. The maximum atomic E-state index is 11.4. The maximum Gasteiger partial charge on any atom is 0.317 e. The summed E-state index contributed by atoms with van der Waals surface area (Å²) >= 11 is 0. The van der Waals surface area contributed by atoms with Gasteiger partial charge in [-0.15, -0.1) is 0 Å². The summed E-state index contributed by atoms with van der Waals surface area (Å²) in [5.41, 5.74) is 0. The van der Waals surface area contributed by atoms with Gasteiger partial charge >= 0.3 is 6.03 Å². The van der Waals surface area contributed by atoms with Crippen LogP contribution in [0.1, 0.15) is 19.8 Å². The van der Waals surface area contributed by atoms with Gasteiger partial charge in [-0.05, 0) is 19.8 Å². The maximum absolute atomic E-state index is 11.4. The number of carbonyl (C=O) groups excluding carboxylic acids is 1. The highest BCUT2D eigenvalue weighted by molar-refractivity contribution is 5.74. The Labute approximate surface area is 78.5 Å². The molecule has 1 aliphatic carbocycles. The Morgan fingerprint density at radius 1 is 1.77 bits per heavy atom. The highest BCUT2D eigenvalue weighted by Crippen LogP contribution is 2.18. The van der Waals surface area contributed by atoms with E-state index in [1.54, 1.807) is 18.9 Å². The van der Waals surface area contributed by atoms with Crippen molar-refractivity contribution >= 4 is 6.03 Å². The van der Waals surface area contributed by atoms with Gasteiger partial charge in [0.15, 0.2) is 0 Å². The van der Waals surface area contributed by atoms with E-state index in [2.05, 4.69) is 11.4 Å². The molecule has 1 unspecified atom stereocenters. The lowest BCUT2D eigenvalue weighted by Crippen LogP contribution is -2.40. The van der Waals surface area contributed by atoms with Crippen LogP contribution >= 0.6 is 0 Å². The van der Waals surface area contributed by atoms with Crippen molar-refractivity contribution in [2.75, 3.05) is 13.6 Å². The molecule has 1 aliphatic rings. The fourth-order valence-electron chi connectivity index (χ4n) is 1.05. The molecule has 0 saturated heterocycles. The van der Waals surface area contributed by atoms with Crippen molar-refractivity contribution in [3.05, 3.63) is 0 Å².